The summed E-state index contributed by atoms with van der Waals surface area (Å²) in [5, 5.41) is 12.2. The van der Waals surface area contributed by atoms with Crippen LogP contribution >= 0.6 is 0 Å². The number of nitrogens with zero attached hydrogens (tertiary/aromatic N) is 1. The number of hydrogen-bond acceptors (Lipinski definition) is 3. The number of benzene rings is 2. The smallest absolute Gasteiger partial charge is 0.303 e. The summed E-state index contributed by atoms with van der Waals surface area (Å²) < 4.78 is 0. The second-order valence-electron chi connectivity index (χ2n) is 8.86. The van der Waals surface area contributed by atoms with Crippen LogP contribution in [0.3, 0.4) is 0 Å². The molecule has 0 spiro atoms. The van der Waals surface area contributed by atoms with Crippen LogP contribution in [0.2, 0.25) is 0 Å². The predicted molar refractivity (Wildman–Crippen MR) is 130 cm³/mol. The number of pyridine rings is 1. The number of aliphatic carboxylic acids is 1. The van der Waals surface area contributed by atoms with E-state index in [1.54, 1.807) is 6.20 Å². The van der Waals surface area contributed by atoms with E-state index in [0.717, 1.165) is 59.2 Å². The van der Waals surface area contributed by atoms with Crippen molar-refractivity contribution in [2.45, 2.75) is 51.4 Å². The molecule has 0 unspecified atom stereocenters. The first-order valence-electron chi connectivity index (χ1n) is 11.6. The van der Waals surface area contributed by atoms with E-state index in [4.69, 9.17) is 5.11 Å². The van der Waals surface area contributed by atoms with Crippen LogP contribution < -0.4 is 5.32 Å². The highest BCUT2D eigenvalue weighted by Crippen LogP contribution is 2.39. The van der Waals surface area contributed by atoms with Crippen molar-refractivity contribution in [3.05, 3.63) is 83.7 Å². The molecule has 1 aliphatic rings. The average molecular weight is 443 g/mol. The maximum Gasteiger partial charge on any atom is 0.303 e. The van der Waals surface area contributed by atoms with Crippen LogP contribution in [0.25, 0.3) is 11.1 Å². The van der Waals surface area contributed by atoms with E-state index < -0.39 is 5.97 Å². The van der Waals surface area contributed by atoms with E-state index in [-0.39, 0.29) is 18.2 Å². The Bertz CT molecular complexity index is 1100. The molecule has 1 amide bonds. The van der Waals surface area contributed by atoms with Gasteiger partial charge in [-0.1, -0.05) is 55.3 Å². The van der Waals surface area contributed by atoms with Crippen molar-refractivity contribution < 1.29 is 14.7 Å². The van der Waals surface area contributed by atoms with Crippen LogP contribution in [-0.4, -0.2) is 22.0 Å². The molecule has 2 aromatic carbocycles. The second-order valence-corrected chi connectivity index (χ2v) is 8.86. The summed E-state index contributed by atoms with van der Waals surface area (Å²) in [5.74, 6) is -0.698. The van der Waals surface area contributed by atoms with Gasteiger partial charge in [0.05, 0.1) is 5.92 Å². The third-order valence-corrected chi connectivity index (χ3v) is 6.73. The van der Waals surface area contributed by atoms with Crippen LogP contribution in [0.5, 0.6) is 0 Å². The Labute approximate surface area is 194 Å². The lowest BCUT2D eigenvalue weighted by Gasteiger charge is -2.24. The van der Waals surface area contributed by atoms with E-state index in [1.807, 2.05) is 43.5 Å². The molecule has 33 heavy (non-hydrogen) atoms. The minimum absolute atomic E-state index is 0.00881. The predicted octanol–water partition coefficient (Wildman–Crippen LogP) is 5.99. The van der Waals surface area contributed by atoms with Crippen molar-refractivity contribution in [1.82, 2.24) is 4.98 Å². The van der Waals surface area contributed by atoms with Crippen molar-refractivity contribution in [3.8, 4) is 11.1 Å². The number of anilines is 1. The third kappa shape index (κ3) is 5.48. The number of carboxylic acid groups (broad SMARTS) is 1. The molecule has 1 aromatic heterocycles. The minimum atomic E-state index is -0.820. The Morgan fingerprint density at radius 3 is 2.45 bits per heavy atom. The van der Waals surface area contributed by atoms with Gasteiger partial charge in [0.1, 0.15) is 0 Å². The zero-order valence-electron chi connectivity index (χ0n) is 19.0. The molecule has 0 saturated heterocycles. The maximum atomic E-state index is 13.6. The van der Waals surface area contributed by atoms with E-state index >= 15 is 0 Å². The van der Waals surface area contributed by atoms with Gasteiger partial charge in [0.15, 0.2) is 0 Å². The van der Waals surface area contributed by atoms with E-state index in [1.165, 1.54) is 0 Å². The van der Waals surface area contributed by atoms with Crippen molar-refractivity contribution in [2.24, 2.45) is 5.92 Å². The minimum Gasteiger partial charge on any atom is -0.481 e. The van der Waals surface area contributed by atoms with E-state index in [0.29, 0.717) is 12.3 Å². The highest BCUT2D eigenvalue weighted by molar-refractivity contribution is 5.97. The Morgan fingerprint density at radius 2 is 1.79 bits per heavy atom. The first kappa shape index (κ1) is 22.7. The number of hydrogen-bond donors (Lipinski definition) is 2. The number of carboxylic acids is 1. The summed E-state index contributed by atoms with van der Waals surface area (Å²) in [6.45, 7) is 1.94. The molecule has 5 heteroatoms. The summed E-state index contributed by atoms with van der Waals surface area (Å²) in [6, 6.07) is 17.9. The molecule has 5 nitrogen and oxygen atoms in total. The number of rotatable bonds is 8. The summed E-state index contributed by atoms with van der Waals surface area (Å²) in [5.41, 5.74) is 5.82. The number of nitrogens with one attached hydrogen (secondary N) is 1. The Hall–Kier alpha value is -3.47. The molecule has 3 aromatic rings. The van der Waals surface area contributed by atoms with E-state index in [9.17, 15) is 9.59 Å². The van der Waals surface area contributed by atoms with Crippen LogP contribution in [0.15, 0.2) is 67.0 Å². The molecule has 2 N–H and O–H groups in total. The van der Waals surface area contributed by atoms with Crippen LogP contribution in [-0.2, 0) is 16.0 Å². The van der Waals surface area contributed by atoms with Gasteiger partial charge < -0.3 is 10.4 Å². The van der Waals surface area contributed by atoms with E-state index in [2.05, 4.69) is 34.6 Å². The highest BCUT2D eigenvalue weighted by Gasteiger charge is 2.32. The van der Waals surface area contributed by atoms with Gasteiger partial charge in [-0.25, -0.2) is 0 Å². The quantitative estimate of drug-likeness (QED) is 0.449. The monoisotopic (exact) mass is 442 g/mol. The standard InChI is InChI=1S/C28H30N2O3/c1-19-20(15-16-26(31)32)8-4-10-25(19)30-28(33)27(22-6-2-3-7-22)23-13-11-21(12-14-23)24-9-5-17-29-18-24/h4-5,8-14,17-18,22,27H,2-3,6-7,15-16H2,1H3,(H,30,33)(H,31,32)/t27-/m1/s1. The normalized spacial score (nSPS) is 14.7. The molecule has 1 fully saturated rings. The Balaban J connectivity index is 1.57. The second kappa shape index (κ2) is 10.4. The number of carbonyl (C=O) groups excluding carboxylic acids is 1. The molecule has 1 heterocycles. The molecular weight excluding hydrogens is 412 g/mol. The zero-order chi connectivity index (χ0) is 23.2. The Kier molecular flexibility index (Phi) is 7.18. The third-order valence-electron chi connectivity index (χ3n) is 6.73. The molecule has 4 rings (SSSR count). The summed E-state index contributed by atoms with van der Waals surface area (Å²) in [6.07, 6.45) is 8.56. The molecule has 1 aliphatic carbocycles. The first-order chi connectivity index (χ1) is 16.0. The number of carbonyl (C=O) groups is 2. The molecule has 0 aliphatic heterocycles. The van der Waals surface area contributed by atoms with Gasteiger partial charge in [-0.2, -0.15) is 0 Å². The summed E-state index contributed by atoms with van der Waals surface area (Å²) in [7, 11) is 0. The van der Waals surface area contributed by atoms with Gasteiger partial charge in [-0.15, -0.1) is 0 Å². The lowest BCUT2D eigenvalue weighted by molar-refractivity contribution is -0.137. The van der Waals surface area contributed by atoms with Gasteiger partial charge in [-0.3, -0.25) is 14.6 Å². The van der Waals surface area contributed by atoms with Gasteiger partial charge in [0.25, 0.3) is 0 Å². The molecule has 1 saturated carbocycles. The molecular formula is C28H30N2O3. The number of aromatic nitrogens is 1. The lowest BCUT2D eigenvalue weighted by atomic mass is 9.83. The highest BCUT2D eigenvalue weighted by atomic mass is 16.4. The topological polar surface area (TPSA) is 79.3 Å². The summed E-state index contributed by atoms with van der Waals surface area (Å²) in [4.78, 5) is 28.7. The summed E-state index contributed by atoms with van der Waals surface area (Å²) >= 11 is 0. The molecule has 1 atom stereocenters. The van der Waals surface area contributed by atoms with Gasteiger partial charge in [0, 0.05) is 24.5 Å². The van der Waals surface area contributed by atoms with Crippen molar-refractivity contribution >= 4 is 17.6 Å². The van der Waals surface area contributed by atoms with Crippen molar-refractivity contribution in [1.29, 1.82) is 0 Å². The fourth-order valence-electron chi connectivity index (χ4n) is 4.89. The first-order valence-corrected chi connectivity index (χ1v) is 11.6. The molecule has 0 radical (unpaired) electrons. The van der Waals surface area contributed by atoms with Crippen LogP contribution in [0.1, 0.15) is 54.7 Å². The van der Waals surface area contributed by atoms with Gasteiger partial charge in [0.2, 0.25) is 5.91 Å². The van der Waals surface area contributed by atoms with Gasteiger partial charge in [-0.05, 0) is 72.1 Å². The molecule has 0 bridgehead atoms. The van der Waals surface area contributed by atoms with Crippen molar-refractivity contribution in [2.75, 3.05) is 5.32 Å². The SMILES string of the molecule is Cc1c(CCC(=O)O)cccc1NC(=O)[C@@H](c1ccc(-c2cccnc2)cc1)C1CCCC1. The van der Waals surface area contributed by atoms with Gasteiger partial charge >= 0.3 is 5.97 Å². The van der Waals surface area contributed by atoms with Crippen LogP contribution in [0.4, 0.5) is 5.69 Å². The van der Waals surface area contributed by atoms with Crippen LogP contribution in [0, 0.1) is 12.8 Å². The fraction of sp³-hybridized carbons (Fsp3) is 0.321. The Morgan fingerprint density at radius 1 is 1.03 bits per heavy atom. The van der Waals surface area contributed by atoms with Crippen molar-refractivity contribution in [3.63, 3.8) is 0 Å². The zero-order valence-corrected chi connectivity index (χ0v) is 19.0. The largest absolute Gasteiger partial charge is 0.481 e. The molecule has 170 valence electrons. The number of amides is 1. The average Bonchev–Trinajstić information content (AvgIpc) is 3.35. The number of aryl methyl sites for hydroxylation is 1. The lowest BCUT2D eigenvalue weighted by Crippen LogP contribution is -2.27. The fourth-order valence-corrected chi connectivity index (χ4v) is 4.89. The maximum absolute atomic E-state index is 13.6.